The molecular weight excluding hydrogens is 178 g/mol. The molecular formula is C10H9N3O. The quantitative estimate of drug-likeness (QED) is 0.498. The van der Waals surface area contributed by atoms with Crippen molar-refractivity contribution in [3.8, 4) is 12.1 Å². The van der Waals surface area contributed by atoms with Gasteiger partial charge in [0.2, 0.25) is 6.61 Å². The predicted octanol–water partition coefficient (Wildman–Crippen LogP) is 1.68. The van der Waals surface area contributed by atoms with Crippen molar-refractivity contribution in [1.29, 1.82) is 10.5 Å². The molecule has 0 aromatic heterocycles. The summed E-state index contributed by atoms with van der Waals surface area (Å²) in [5, 5.41) is 20.6. The van der Waals surface area contributed by atoms with E-state index >= 15 is 0 Å². The van der Waals surface area contributed by atoms with E-state index in [1.165, 1.54) is 0 Å². The van der Waals surface area contributed by atoms with E-state index in [1.54, 1.807) is 0 Å². The van der Waals surface area contributed by atoms with Crippen molar-refractivity contribution in [1.82, 2.24) is 0 Å². The minimum absolute atomic E-state index is 0.0625. The van der Waals surface area contributed by atoms with E-state index < -0.39 is 0 Å². The van der Waals surface area contributed by atoms with Gasteiger partial charge in [-0.2, -0.15) is 10.5 Å². The molecule has 0 heterocycles. The molecule has 0 spiro atoms. The maximum Gasteiger partial charge on any atom is 0.202 e. The second kappa shape index (κ2) is 5.55. The second-order valence-electron chi connectivity index (χ2n) is 2.63. The van der Waals surface area contributed by atoms with Crippen LogP contribution in [0, 0.1) is 22.7 Å². The van der Waals surface area contributed by atoms with Crippen molar-refractivity contribution in [3.05, 3.63) is 23.8 Å². The van der Waals surface area contributed by atoms with Gasteiger partial charge in [-0.15, -0.1) is 0 Å². The Morgan fingerprint density at radius 1 is 1.43 bits per heavy atom. The second-order valence-corrected chi connectivity index (χ2v) is 2.63. The van der Waals surface area contributed by atoms with E-state index in [1.807, 2.05) is 24.3 Å². The number of allylic oxidation sites excluding steroid dienone is 4. The molecule has 0 bridgehead atoms. The third-order valence-electron chi connectivity index (χ3n) is 1.69. The molecule has 0 aliphatic heterocycles. The van der Waals surface area contributed by atoms with Crippen molar-refractivity contribution >= 4 is 5.71 Å². The summed E-state index contributed by atoms with van der Waals surface area (Å²) < 4.78 is 0. The molecule has 0 fully saturated rings. The minimum Gasteiger partial charge on any atom is -0.380 e. The Bertz CT molecular complexity index is 366. The van der Waals surface area contributed by atoms with Gasteiger partial charge in [0.1, 0.15) is 6.07 Å². The summed E-state index contributed by atoms with van der Waals surface area (Å²) in [6.07, 6.45) is 6.62. The van der Waals surface area contributed by atoms with Gasteiger partial charge in [0, 0.05) is 6.42 Å². The van der Waals surface area contributed by atoms with Crippen LogP contribution in [0.2, 0.25) is 0 Å². The molecule has 0 radical (unpaired) electrons. The number of oxime groups is 1. The zero-order chi connectivity index (χ0) is 10.2. The molecule has 4 heteroatoms. The zero-order valence-electron chi connectivity index (χ0n) is 7.60. The van der Waals surface area contributed by atoms with Crippen LogP contribution in [0.15, 0.2) is 29.0 Å². The highest BCUT2D eigenvalue weighted by atomic mass is 16.6. The first-order valence-corrected chi connectivity index (χ1v) is 4.17. The summed E-state index contributed by atoms with van der Waals surface area (Å²) in [6, 6.07) is 3.88. The van der Waals surface area contributed by atoms with Gasteiger partial charge in [-0.3, -0.25) is 0 Å². The largest absolute Gasteiger partial charge is 0.380 e. The lowest BCUT2D eigenvalue weighted by Gasteiger charge is -2.07. The molecule has 0 aromatic carbocycles. The van der Waals surface area contributed by atoms with Crippen molar-refractivity contribution in [2.24, 2.45) is 5.16 Å². The molecule has 1 aliphatic carbocycles. The zero-order valence-corrected chi connectivity index (χ0v) is 7.60. The molecule has 0 amide bonds. The van der Waals surface area contributed by atoms with Gasteiger partial charge in [0.15, 0.2) is 0 Å². The fourth-order valence-electron chi connectivity index (χ4n) is 1.07. The van der Waals surface area contributed by atoms with Crippen molar-refractivity contribution in [2.45, 2.75) is 12.8 Å². The van der Waals surface area contributed by atoms with Gasteiger partial charge < -0.3 is 4.84 Å². The molecule has 70 valence electrons. The lowest BCUT2D eigenvalue weighted by atomic mass is 10.0. The van der Waals surface area contributed by atoms with Crippen LogP contribution in [0.1, 0.15) is 12.8 Å². The summed E-state index contributed by atoms with van der Waals surface area (Å²) in [7, 11) is 0. The minimum atomic E-state index is -0.0625. The van der Waals surface area contributed by atoms with E-state index in [-0.39, 0.29) is 6.61 Å². The Morgan fingerprint density at radius 2 is 2.29 bits per heavy atom. The molecule has 0 atom stereocenters. The maximum absolute atomic E-state index is 8.54. The molecule has 0 saturated carbocycles. The standard InChI is InChI=1S/C10H9N3O/c11-6-5-9-3-1-2-4-10(9)13-14-8-7-12/h1-3H,4-5,8H2. The topological polar surface area (TPSA) is 69.2 Å². The molecule has 0 aromatic rings. The van der Waals surface area contributed by atoms with Crippen LogP contribution in [0.4, 0.5) is 0 Å². The highest BCUT2D eigenvalue weighted by Gasteiger charge is 2.08. The van der Waals surface area contributed by atoms with Crippen LogP contribution in [0.25, 0.3) is 0 Å². The first kappa shape index (κ1) is 10.0. The van der Waals surface area contributed by atoms with E-state index in [9.17, 15) is 0 Å². The number of hydrogen-bond acceptors (Lipinski definition) is 4. The fraction of sp³-hybridized carbons (Fsp3) is 0.300. The molecule has 4 nitrogen and oxygen atoms in total. The van der Waals surface area contributed by atoms with Gasteiger partial charge in [-0.25, -0.2) is 0 Å². The van der Waals surface area contributed by atoms with Gasteiger partial charge >= 0.3 is 0 Å². The van der Waals surface area contributed by atoms with Crippen LogP contribution in [-0.2, 0) is 4.84 Å². The molecule has 0 saturated heterocycles. The predicted molar refractivity (Wildman–Crippen MR) is 51.1 cm³/mol. The number of nitriles is 2. The van der Waals surface area contributed by atoms with Crippen LogP contribution >= 0.6 is 0 Å². The summed E-state index contributed by atoms with van der Waals surface area (Å²) >= 11 is 0. The summed E-state index contributed by atoms with van der Waals surface area (Å²) in [5.41, 5.74) is 1.58. The Balaban J connectivity index is 2.65. The highest BCUT2D eigenvalue weighted by Crippen LogP contribution is 2.13. The van der Waals surface area contributed by atoms with Crippen LogP contribution in [0.3, 0.4) is 0 Å². The average molecular weight is 187 g/mol. The van der Waals surface area contributed by atoms with Gasteiger partial charge in [-0.05, 0) is 5.57 Å². The van der Waals surface area contributed by atoms with Crippen molar-refractivity contribution in [3.63, 3.8) is 0 Å². The Labute approximate surface area is 82.4 Å². The summed E-state index contributed by atoms with van der Waals surface area (Å²) in [5.74, 6) is 0. The SMILES string of the molecule is N#CCON=C1CC=CC=C1CC#N. The van der Waals surface area contributed by atoms with Gasteiger partial charge in [0.05, 0.1) is 18.2 Å². The van der Waals surface area contributed by atoms with E-state index in [2.05, 4.69) is 11.2 Å². The fourth-order valence-corrected chi connectivity index (χ4v) is 1.07. The van der Waals surface area contributed by atoms with E-state index in [0.717, 1.165) is 11.3 Å². The summed E-state index contributed by atoms with van der Waals surface area (Å²) in [4.78, 5) is 4.74. The molecule has 1 aliphatic rings. The third kappa shape index (κ3) is 2.76. The van der Waals surface area contributed by atoms with Crippen LogP contribution < -0.4 is 0 Å². The third-order valence-corrected chi connectivity index (χ3v) is 1.69. The Morgan fingerprint density at radius 3 is 3.00 bits per heavy atom. The van der Waals surface area contributed by atoms with Crippen molar-refractivity contribution < 1.29 is 4.84 Å². The summed E-state index contributed by atoms with van der Waals surface area (Å²) in [6.45, 7) is -0.0625. The van der Waals surface area contributed by atoms with Crippen LogP contribution in [0.5, 0.6) is 0 Å². The first-order valence-electron chi connectivity index (χ1n) is 4.17. The van der Waals surface area contributed by atoms with Crippen LogP contribution in [-0.4, -0.2) is 12.3 Å². The van der Waals surface area contributed by atoms with E-state index in [4.69, 9.17) is 15.4 Å². The number of hydrogen-bond donors (Lipinski definition) is 0. The lowest BCUT2D eigenvalue weighted by molar-refractivity contribution is 0.178. The molecule has 0 N–H and O–H groups in total. The molecule has 14 heavy (non-hydrogen) atoms. The normalized spacial score (nSPS) is 17.0. The Hall–Kier alpha value is -2.07. The monoisotopic (exact) mass is 187 g/mol. The smallest absolute Gasteiger partial charge is 0.202 e. The number of rotatable bonds is 3. The maximum atomic E-state index is 8.54. The number of nitrogens with zero attached hydrogens (tertiary/aromatic N) is 3. The van der Waals surface area contributed by atoms with Gasteiger partial charge in [-0.1, -0.05) is 23.4 Å². The highest BCUT2D eigenvalue weighted by molar-refractivity contribution is 6.02. The average Bonchev–Trinajstić information content (AvgIpc) is 2.21. The Kier molecular flexibility index (Phi) is 3.97. The lowest BCUT2D eigenvalue weighted by Crippen LogP contribution is -2.05. The van der Waals surface area contributed by atoms with Gasteiger partial charge in [0.25, 0.3) is 0 Å². The van der Waals surface area contributed by atoms with E-state index in [0.29, 0.717) is 12.8 Å². The first-order chi connectivity index (χ1) is 6.88. The molecule has 1 rings (SSSR count). The van der Waals surface area contributed by atoms with Crippen molar-refractivity contribution in [2.75, 3.05) is 6.61 Å². The molecule has 0 unspecified atom stereocenters.